The van der Waals surface area contributed by atoms with Gasteiger partial charge in [0.2, 0.25) is 0 Å². The Kier molecular flexibility index (Phi) is 7.06. The van der Waals surface area contributed by atoms with Gasteiger partial charge in [-0.15, -0.1) is 0 Å². The molecule has 3 nitrogen and oxygen atoms in total. The molecule has 0 aliphatic rings. The van der Waals surface area contributed by atoms with Gasteiger partial charge in [0.1, 0.15) is 12.4 Å². The lowest BCUT2D eigenvalue weighted by molar-refractivity contribution is 0.284. The highest BCUT2D eigenvalue weighted by molar-refractivity contribution is 9.10. The monoisotopic (exact) mass is 443 g/mol. The molecule has 0 atom stereocenters. The third-order valence-corrected chi connectivity index (χ3v) is 5.11. The highest BCUT2D eigenvalue weighted by atomic mass is 79.9. The van der Waals surface area contributed by atoms with Crippen molar-refractivity contribution in [3.05, 3.63) is 93.2 Å². The summed E-state index contributed by atoms with van der Waals surface area (Å²) in [6, 6.07) is 18.6. The lowest BCUT2D eigenvalue weighted by Crippen LogP contribution is -2.13. The van der Waals surface area contributed by atoms with Crippen molar-refractivity contribution in [3.8, 4) is 11.5 Å². The van der Waals surface area contributed by atoms with Crippen LogP contribution in [0.15, 0.2) is 65.1 Å². The first kappa shape index (κ1) is 20.4. The molecule has 28 heavy (non-hydrogen) atoms. The number of methoxy groups -OCH3 is 1. The highest BCUT2D eigenvalue weighted by Gasteiger charge is 2.11. The summed E-state index contributed by atoms with van der Waals surface area (Å²) in [4.78, 5) is 0. The first-order chi connectivity index (χ1) is 13.5. The number of halogens is 2. The topological polar surface area (TPSA) is 30.5 Å². The Hall–Kier alpha value is -2.37. The fraction of sp³-hybridized carbons (Fsp3) is 0.217. The van der Waals surface area contributed by atoms with Crippen LogP contribution in [-0.4, -0.2) is 7.11 Å². The number of nitrogens with one attached hydrogen (secondary N) is 1. The summed E-state index contributed by atoms with van der Waals surface area (Å²) >= 11 is 3.62. The summed E-state index contributed by atoms with van der Waals surface area (Å²) < 4.78 is 25.4. The molecule has 5 heteroatoms. The fourth-order valence-corrected chi connectivity index (χ4v) is 3.35. The zero-order valence-electron chi connectivity index (χ0n) is 16.0. The average molecular weight is 444 g/mol. The molecule has 0 amide bonds. The summed E-state index contributed by atoms with van der Waals surface area (Å²) in [6.45, 7) is 3.84. The standard InChI is InChI=1S/C23H23BrFNO2/c1-16-4-3-5-18(10-16)15-28-23-12-21(24)19(11-22(23)27-2)14-26-13-17-6-8-20(25)9-7-17/h3-12,26H,13-15H2,1-2H3. The van der Waals surface area contributed by atoms with Gasteiger partial charge in [0, 0.05) is 17.6 Å². The van der Waals surface area contributed by atoms with E-state index in [1.165, 1.54) is 17.7 Å². The maximum absolute atomic E-state index is 13.0. The van der Waals surface area contributed by atoms with Gasteiger partial charge in [-0.2, -0.15) is 0 Å². The second-order valence-corrected chi connectivity index (χ2v) is 7.46. The molecule has 0 saturated heterocycles. The molecular weight excluding hydrogens is 421 g/mol. The molecular formula is C23H23BrFNO2. The average Bonchev–Trinajstić information content (AvgIpc) is 2.69. The zero-order valence-corrected chi connectivity index (χ0v) is 17.6. The third-order valence-electron chi connectivity index (χ3n) is 4.37. The van der Waals surface area contributed by atoms with Crippen molar-refractivity contribution in [1.82, 2.24) is 5.32 Å². The van der Waals surface area contributed by atoms with Crippen molar-refractivity contribution in [2.45, 2.75) is 26.6 Å². The van der Waals surface area contributed by atoms with Crippen molar-refractivity contribution in [2.24, 2.45) is 0 Å². The summed E-state index contributed by atoms with van der Waals surface area (Å²) in [5, 5.41) is 3.36. The number of hydrogen-bond donors (Lipinski definition) is 1. The lowest BCUT2D eigenvalue weighted by atomic mass is 10.1. The fourth-order valence-electron chi connectivity index (χ4n) is 2.89. The van der Waals surface area contributed by atoms with Crippen LogP contribution in [0.4, 0.5) is 4.39 Å². The van der Waals surface area contributed by atoms with Gasteiger partial charge in [-0.1, -0.05) is 57.9 Å². The smallest absolute Gasteiger partial charge is 0.162 e. The van der Waals surface area contributed by atoms with E-state index in [0.29, 0.717) is 31.2 Å². The molecule has 0 unspecified atom stereocenters. The van der Waals surface area contributed by atoms with E-state index < -0.39 is 0 Å². The predicted molar refractivity (Wildman–Crippen MR) is 113 cm³/mol. The Morgan fingerprint density at radius 1 is 0.929 bits per heavy atom. The highest BCUT2D eigenvalue weighted by Crippen LogP contribution is 2.34. The van der Waals surface area contributed by atoms with E-state index in [0.717, 1.165) is 21.2 Å². The molecule has 0 fully saturated rings. The number of aryl methyl sites for hydroxylation is 1. The maximum Gasteiger partial charge on any atom is 0.162 e. The molecule has 0 saturated carbocycles. The first-order valence-electron chi connectivity index (χ1n) is 9.05. The molecule has 0 aliphatic heterocycles. The van der Waals surface area contributed by atoms with E-state index in [-0.39, 0.29) is 5.82 Å². The van der Waals surface area contributed by atoms with Crippen LogP contribution in [0.3, 0.4) is 0 Å². The van der Waals surface area contributed by atoms with Crippen LogP contribution in [0.5, 0.6) is 11.5 Å². The molecule has 3 aromatic rings. The largest absolute Gasteiger partial charge is 0.493 e. The summed E-state index contributed by atoms with van der Waals surface area (Å²) in [5.74, 6) is 1.16. The first-order valence-corrected chi connectivity index (χ1v) is 9.84. The van der Waals surface area contributed by atoms with Gasteiger partial charge in [0.25, 0.3) is 0 Å². The van der Waals surface area contributed by atoms with Crippen LogP contribution in [0.25, 0.3) is 0 Å². The van der Waals surface area contributed by atoms with Crippen molar-refractivity contribution < 1.29 is 13.9 Å². The van der Waals surface area contributed by atoms with Crippen LogP contribution in [-0.2, 0) is 19.7 Å². The Bertz CT molecular complexity index is 928. The summed E-state index contributed by atoms with van der Waals surface area (Å²) in [7, 11) is 1.64. The van der Waals surface area contributed by atoms with E-state index in [9.17, 15) is 4.39 Å². The molecule has 3 rings (SSSR count). The van der Waals surface area contributed by atoms with Gasteiger partial charge in [0.05, 0.1) is 7.11 Å². The molecule has 3 aromatic carbocycles. The van der Waals surface area contributed by atoms with Gasteiger partial charge in [0.15, 0.2) is 11.5 Å². The second-order valence-electron chi connectivity index (χ2n) is 6.60. The van der Waals surface area contributed by atoms with E-state index in [1.807, 2.05) is 24.3 Å². The van der Waals surface area contributed by atoms with Gasteiger partial charge in [-0.05, 0) is 47.9 Å². The van der Waals surface area contributed by atoms with E-state index >= 15 is 0 Å². The van der Waals surface area contributed by atoms with Gasteiger partial charge in [-0.3, -0.25) is 0 Å². The molecule has 0 bridgehead atoms. The number of hydrogen-bond acceptors (Lipinski definition) is 3. The molecule has 0 radical (unpaired) electrons. The van der Waals surface area contributed by atoms with Gasteiger partial charge < -0.3 is 14.8 Å². The lowest BCUT2D eigenvalue weighted by Gasteiger charge is -2.15. The molecule has 0 heterocycles. The van der Waals surface area contributed by atoms with Crippen LogP contribution in [0.2, 0.25) is 0 Å². The van der Waals surface area contributed by atoms with Crippen LogP contribution in [0, 0.1) is 12.7 Å². The summed E-state index contributed by atoms with van der Waals surface area (Å²) in [5.41, 5.74) is 4.41. The molecule has 1 N–H and O–H groups in total. The minimum absolute atomic E-state index is 0.225. The SMILES string of the molecule is COc1cc(CNCc2ccc(F)cc2)c(Br)cc1OCc1cccc(C)c1. The number of rotatable bonds is 8. The normalized spacial score (nSPS) is 10.7. The van der Waals surface area contributed by atoms with Crippen molar-refractivity contribution in [1.29, 1.82) is 0 Å². The summed E-state index contributed by atoms with van der Waals surface area (Å²) in [6.07, 6.45) is 0. The van der Waals surface area contributed by atoms with Crippen LogP contribution >= 0.6 is 15.9 Å². The Balaban J connectivity index is 1.64. The minimum atomic E-state index is -0.225. The van der Waals surface area contributed by atoms with E-state index in [4.69, 9.17) is 9.47 Å². The molecule has 0 aliphatic carbocycles. The third kappa shape index (κ3) is 5.57. The van der Waals surface area contributed by atoms with Crippen LogP contribution in [0.1, 0.15) is 22.3 Å². The van der Waals surface area contributed by atoms with Crippen molar-refractivity contribution >= 4 is 15.9 Å². The second kappa shape index (κ2) is 9.71. The minimum Gasteiger partial charge on any atom is -0.493 e. The van der Waals surface area contributed by atoms with Crippen molar-refractivity contribution in [2.75, 3.05) is 7.11 Å². The van der Waals surface area contributed by atoms with Crippen molar-refractivity contribution in [3.63, 3.8) is 0 Å². The Morgan fingerprint density at radius 2 is 1.71 bits per heavy atom. The van der Waals surface area contributed by atoms with Gasteiger partial charge in [-0.25, -0.2) is 4.39 Å². The maximum atomic E-state index is 13.0. The molecule has 0 aromatic heterocycles. The number of ether oxygens (including phenoxy) is 2. The quantitative estimate of drug-likeness (QED) is 0.478. The Morgan fingerprint density at radius 3 is 2.43 bits per heavy atom. The Labute approximate surface area is 173 Å². The van der Waals surface area contributed by atoms with Gasteiger partial charge >= 0.3 is 0 Å². The van der Waals surface area contributed by atoms with E-state index in [1.54, 1.807) is 19.2 Å². The van der Waals surface area contributed by atoms with Crippen LogP contribution < -0.4 is 14.8 Å². The molecule has 0 spiro atoms. The number of benzene rings is 3. The predicted octanol–water partition coefficient (Wildman–Crippen LogP) is 5.77. The van der Waals surface area contributed by atoms with E-state index in [2.05, 4.69) is 40.3 Å². The zero-order chi connectivity index (χ0) is 19.9. The molecule has 146 valence electrons.